The van der Waals surface area contributed by atoms with Crippen LogP contribution in [0.25, 0.3) is 0 Å². The van der Waals surface area contributed by atoms with Crippen LogP contribution in [0.5, 0.6) is 11.5 Å². The molecule has 0 bridgehead atoms. The van der Waals surface area contributed by atoms with Gasteiger partial charge in [0, 0.05) is 18.2 Å². The van der Waals surface area contributed by atoms with Crippen molar-refractivity contribution in [3.63, 3.8) is 0 Å². The van der Waals surface area contributed by atoms with E-state index in [0.29, 0.717) is 0 Å². The smallest absolute Gasteiger partial charge is 0.137 e. The number of aliphatic hydroxyl groups excluding tert-OH is 1. The Labute approximate surface area is 87.2 Å². The largest absolute Gasteiger partial charge is 0.507 e. The Hall–Kier alpha value is -1.77. The number of phenols is 2. The number of rotatable bonds is 3. The van der Waals surface area contributed by atoms with E-state index in [2.05, 4.69) is 5.32 Å². The maximum Gasteiger partial charge on any atom is 0.137 e. The summed E-state index contributed by atoms with van der Waals surface area (Å²) in [5.41, 5.74) is 0.247. The van der Waals surface area contributed by atoms with Gasteiger partial charge in [0.2, 0.25) is 0 Å². The highest BCUT2D eigenvalue weighted by molar-refractivity contribution is 5.51. The summed E-state index contributed by atoms with van der Waals surface area (Å²) in [4.78, 5) is 0. The highest BCUT2D eigenvalue weighted by atomic mass is 16.3. The van der Waals surface area contributed by atoms with Crippen molar-refractivity contribution in [1.82, 2.24) is 5.32 Å². The standard InChI is InChI=1S/C10H12N2O3/c1-12-5-10(15)7-2-6(4-11)8(13)3-9(7)14/h2-3,10,12-15H,5H2,1H3. The van der Waals surface area contributed by atoms with Crippen molar-refractivity contribution in [2.24, 2.45) is 0 Å². The van der Waals surface area contributed by atoms with Crippen LogP contribution in [0, 0.1) is 11.3 Å². The number of nitrogens with zero attached hydrogens (tertiary/aromatic N) is 1. The average Bonchev–Trinajstić information content (AvgIpc) is 2.18. The molecular weight excluding hydrogens is 196 g/mol. The van der Waals surface area contributed by atoms with Gasteiger partial charge in [-0.2, -0.15) is 5.26 Å². The van der Waals surface area contributed by atoms with Crippen LogP contribution in [0.2, 0.25) is 0 Å². The molecule has 0 fully saturated rings. The minimum atomic E-state index is -0.914. The normalized spacial score (nSPS) is 12.1. The monoisotopic (exact) mass is 208 g/mol. The van der Waals surface area contributed by atoms with E-state index >= 15 is 0 Å². The number of hydrogen-bond acceptors (Lipinski definition) is 5. The van der Waals surface area contributed by atoms with Crippen molar-refractivity contribution in [3.8, 4) is 17.6 Å². The van der Waals surface area contributed by atoms with Gasteiger partial charge >= 0.3 is 0 Å². The number of aliphatic hydroxyl groups is 1. The van der Waals surface area contributed by atoms with Gasteiger partial charge in [0.05, 0.1) is 11.7 Å². The van der Waals surface area contributed by atoms with Crippen LogP contribution >= 0.6 is 0 Å². The fourth-order valence-corrected chi connectivity index (χ4v) is 1.25. The first-order chi connectivity index (χ1) is 7.10. The van der Waals surface area contributed by atoms with Crippen LogP contribution in [-0.2, 0) is 0 Å². The van der Waals surface area contributed by atoms with Gasteiger partial charge < -0.3 is 20.6 Å². The molecule has 15 heavy (non-hydrogen) atoms. The van der Waals surface area contributed by atoms with Crippen molar-refractivity contribution < 1.29 is 15.3 Å². The molecule has 0 aliphatic rings. The molecular formula is C10H12N2O3. The van der Waals surface area contributed by atoms with Crippen LogP contribution in [0.15, 0.2) is 12.1 Å². The van der Waals surface area contributed by atoms with E-state index in [-0.39, 0.29) is 29.2 Å². The fourth-order valence-electron chi connectivity index (χ4n) is 1.25. The van der Waals surface area contributed by atoms with Gasteiger partial charge in [-0.1, -0.05) is 0 Å². The number of likely N-dealkylation sites (N-methyl/N-ethyl adjacent to an activating group) is 1. The number of nitriles is 1. The second-order valence-corrected chi connectivity index (χ2v) is 3.11. The molecule has 0 saturated carbocycles. The molecule has 0 amide bonds. The van der Waals surface area contributed by atoms with E-state index in [4.69, 9.17) is 5.26 Å². The first-order valence-corrected chi connectivity index (χ1v) is 4.38. The Balaban J connectivity index is 3.14. The molecule has 1 rings (SSSR count). The summed E-state index contributed by atoms with van der Waals surface area (Å²) in [6.07, 6.45) is -0.914. The highest BCUT2D eigenvalue weighted by Gasteiger charge is 2.14. The van der Waals surface area contributed by atoms with E-state index < -0.39 is 6.10 Å². The number of phenolic OH excluding ortho intramolecular Hbond substituents is 2. The molecule has 0 saturated heterocycles. The molecule has 0 radical (unpaired) electrons. The molecule has 5 heteroatoms. The van der Waals surface area contributed by atoms with Gasteiger partial charge in [0.25, 0.3) is 0 Å². The second-order valence-electron chi connectivity index (χ2n) is 3.11. The molecule has 0 heterocycles. The fraction of sp³-hybridized carbons (Fsp3) is 0.300. The molecule has 80 valence electrons. The SMILES string of the molecule is CNCC(O)c1cc(C#N)c(O)cc1O. The van der Waals surface area contributed by atoms with Crippen LogP contribution in [0.4, 0.5) is 0 Å². The zero-order valence-electron chi connectivity index (χ0n) is 8.23. The first kappa shape index (κ1) is 11.3. The van der Waals surface area contributed by atoms with Crippen LogP contribution < -0.4 is 5.32 Å². The topological polar surface area (TPSA) is 96.5 Å². The summed E-state index contributed by atoms with van der Waals surface area (Å²) in [5, 5.41) is 39.7. The zero-order chi connectivity index (χ0) is 11.4. The molecule has 0 spiro atoms. The van der Waals surface area contributed by atoms with Gasteiger partial charge in [-0.05, 0) is 13.1 Å². The highest BCUT2D eigenvalue weighted by Crippen LogP contribution is 2.30. The zero-order valence-corrected chi connectivity index (χ0v) is 8.23. The lowest BCUT2D eigenvalue weighted by Crippen LogP contribution is -2.16. The molecule has 5 nitrogen and oxygen atoms in total. The third kappa shape index (κ3) is 2.37. The maximum absolute atomic E-state index is 9.60. The minimum Gasteiger partial charge on any atom is -0.507 e. The maximum atomic E-state index is 9.60. The van der Waals surface area contributed by atoms with E-state index in [0.717, 1.165) is 6.07 Å². The third-order valence-electron chi connectivity index (χ3n) is 2.02. The van der Waals surface area contributed by atoms with Crippen LogP contribution in [0.3, 0.4) is 0 Å². The van der Waals surface area contributed by atoms with Crippen molar-refractivity contribution >= 4 is 0 Å². The summed E-state index contributed by atoms with van der Waals surface area (Å²) < 4.78 is 0. The quantitative estimate of drug-likeness (QED) is 0.570. The molecule has 1 unspecified atom stereocenters. The van der Waals surface area contributed by atoms with E-state index in [1.807, 2.05) is 0 Å². The Kier molecular flexibility index (Phi) is 3.50. The van der Waals surface area contributed by atoms with Gasteiger partial charge in [0.1, 0.15) is 17.6 Å². The third-order valence-corrected chi connectivity index (χ3v) is 2.02. The molecule has 0 aliphatic carbocycles. The molecule has 0 aliphatic heterocycles. The Morgan fingerprint density at radius 2 is 2.07 bits per heavy atom. The van der Waals surface area contributed by atoms with Crippen LogP contribution in [0.1, 0.15) is 17.2 Å². The summed E-state index contributed by atoms with van der Waals surface area (Å²) in [6, 6.07) is 4.09. The van der Waals surface area contributed by atoms with Crippen molar-refractivity contribution in [1.29, 1.82) is 5.26 Å². The van der Waals surface area contributed by atoms with Gasteiger partial charge in [0.15, 0.2) is 0 Å². The van der Waals surface area contributed by atoms with Crippen molar-refractivity contribution in [3.05, 3.63) is 23.3 Å². The van der Waals surface area contributed by atoms with Gasteiger partial charge in [-0.15, -0.1) is 0 Å². The number of nitrogens with one attached hydrogen (secondary N) is 1. The molecule has 1 aromatic carbocycles. The molecule has 1 atom stereocenters. The molecule has 1 aromatic rings. The van der Waals surface area contributed by atoms with Crippen molar-refractivity contribution in [2.45, 2.75) is 6.10 Å². The molecule has 0 aromatic heterocycles. The van der Waals surface area contributed by atoms with Crippen LogP contribution in [-0.4, -0.2) is 28.9 Å². The van der Waals surface area contributed by atoms with E-state index in [9.17, 15) is 15.3 Å². The summed E-state index contributed by atoms with van der Waals surface area (Å²) in [7, 11) is 1.66. The first-order valence-electron chi connectivity index (χ1n) is 4.38. The van der Waals surface area contributed by atoms with Crippen molar-refractivity contribution in [2.75, 3.05) is 13.6 Å². The Bertz CT molecular complexity index is 398. The average molecular weight is 208 g/mol. The Morgan fingerprint density at radius 1 is 1.40 bits per heavy atom. The predicted octanol–water partition coefficient (Wildman–Crippen LogP) is 0.222. The number of aromatic hydroxyl groups is 2. The Morgan fingerprint density at radius 3 is 2.60 bits per heavy atom. The summed E-state index contributed by atoms with van der Waals surface area (Å²) in [5.74, 6) is -0.523. The second kappa shape index (κ2) is 4.64. The number of benzene rings is 1. The lowest BCUT2D eigenvalue weighted by molar-refractivity contribution is 0.174. The van der Waals surface area contributed by atoms with Gasteiger partial charge in [-0.3, -0.25) is 0 Å². The van der Waals surface area contributed by atoms with Gasteiger partial charge in [-0.25, -0.2) is 0 Å². The minimum absolute atomic E-state index is 0.0259. The lowest BCUT2D eigenvalue weighted by Gasteiger charge is -2.12. The summed E-state index contributed by atoms with van der Waals surface area (Å²) >= 11 is 0. The van der Waals surface area contributed by atoms with E-state index in [1.54, 1.807) is 13.1 Å². The lowest BCUT2D eigenvalue weighted by atomic mass is 10.0. The summed E-state index contributed by atoms with van der Waals surface area (Å²) in [6.45, 7) is 0.253. The van der Waals surface area contributed by atoms with E-state index in [1.165, 1.54) is 6.07 Å². The number of hydrogen-bond donors (Lipinski definition) is 4. The molecule has 4 N–H and O–H groups in total. The predicted molar refractivity (Wildman–Crippen MR) is 53.4 cm³/mol.